The lowest BCUT2D eigenvalue weighted by atomic mass is 10.1. The van der Waals surface area contributed by atoms with Gasteiger partial charge >= 0.3 is 5.97 Å². The van der Waals surface area contributed by atoms with E-state index in [2.05, 4.69) is 13.8 Å². The Labute approximate surface area is 108 Å². The van der Waals surface area contributed by atoms with Crippen LogP contribution in [0.15, 0.2) is 36.4 Å². The smallest absolute Gasteiger partial charge is 0.334 e. The monoisotopic (exact) mass is 248 g/mol. The van der Waals surface area contributed by atoms with Gasteiger partial charge in [-0.25, -0.2) is 4.79 Å². The fraction of sp³-hybridized carbons (Fsp3) is 0.400. The number of methoxy groups -OCH3 is 1. The van der Waals surface area contributed by atoms with E-state index in [1.807, 2.05) is 30.3 Å². The van der Waals surface area contributed by atoms with Gasteiger partial charge in [0.05, 0.1) is 19.8 Å². The van der Waals surface area contributed by atoms with Crippen LogP contribution in [0.3, 0.4) is 0 Å². The molecule has 0 spiro atoms. The van der Waals surface area contributed by atoms with E-state index in [9.17, 15) is 4.79 Å². The molecule has 0 atom stereocenters. The maximum Gasteiger partial charge on any atom is 0.334 e. The molecule has 0 unspecified atom stereocenters. The SMILES string of the molecule is CO/C(=C\C(=O)OCCC(C)C)c1ccccc1. The van der Waals surface area contributed by atoms with Crippen LogP contribution in [0.4, 0.5) is 0 Å². The first-order chi connectivity index (χ1) is 8.63. The Kier molecular flexibility index (Phi) is 5.98. The predicted octanol–water partition coefficient (Wildman–Crippen LogP) is 3.26. The van der Waals surface area contributed by atoms with E-state index in [4.69, 9.17) is 9.47 Å². The zero-order valence-electron chi connectivity index (χ0n) is 11.2. The van der Waals surface area contributed by atoms with E-state index in [0.29, 0.717) is 18.3 Å². The molecule has 3 heteroatoms. The number of hydrogen-bond acceptors (Lipinski definition) is 3. The first-order valence-electron chi connectivity index (χ1n) is 6.11. The molecular weight excluding hydrogens is 228 g/mol. The number of rotatable bonds is 6. The van der Waals surface area contributed by atoms with E-state index in [1.165, 1.54) is 6.08 Å². The zero-order valence-corrected chi connectivity index (χ0v) is 11.2. The second kappa shape index (κ2) is 7.54. The lowest BCUT2D eigenvalue weighted by molar-refractivity contribution is -0.138. The highest BCUT2D eigenvalue weighted by Gasteiger charge is 2.06. The van der Waals surface area contributed by atoms with Gasteiger partial charge in [-0.1, -0.05) is 44.2 Å². The Bertz CT molecular complexity index is 393. The van der Waals surface area contributed by atoms with Gasteiger partial charge in [0.1, 0.15) is 5.76 Å². The van der Waals surface area contributed by atoms with Crippen molar-refractivity contribution in [1.82, 2.24) is 0 Å². The molecule has 3 nitrogen and oxygen atoms in total. The highest BCUT2D eigenvalue weighted by atomic mass is 16.5. The summed E-state index contributed by atoms with van der Waals surface area (Å²) in [6.07, 6.45) is 2.25. The summed E-state index contributed by atoms with van der Waals surface area (Å²) >= 11 is 0. The van der Waals surface area contributed by atoms with Crippen molar-refractivity contribution in [3.05, 3.63) is 42.0 Å². The van der Waals surface area contributed by atoms with Crippen molar-refractivity contribution in [1.29, 1.82) is 0 Å². The Morgan fingerprint density at radius 1 is 1.28 bits per heavy atom. The minimum atomic E-state index is -0.364. The highest BCUT2D eigenvalue weighted by Crippen LogP contribution is 2.14. The Morgan fingerprint density at radius 2 is 1.94 bits per heavy atom. The maximum atomic E-state index is 11.6. The molecule has 0 aliphatic heterocycles. The molecule has 0 fully saturated rings. The quantitative estimate of drug-likeness (QED) is 0.440. The lowest BCUT2D eigenvalue weighted by Crippen LogP contribution is -2.06. The third kappa shape index (κ3) is 5.04. The summed E-state index contributed by atoms with van der Waals surface area (Å²) in [5.74, 6) is 0.680. The molecular formula is C15H20O3. The molecule has 0 aliphatic rings. The molecule has 98 valence electrons. The fourth-order valence-corrected chi connectivity index (χ4v) is 1.41. The highest BCUT2D eigenvalue weighted by molar-refractivity contribution is 5.89. The molecule has 0 aliphatic carbocycles. The summed E-state index contributed by atoms with van der Waals surface area (Å²) in [7, 11) is 1.54. The Balaban J connectivity index is 2.59. The molecule has 0 N–H and O–H groups in total. The van der Waals surface area contributed by atoms with Crippen LogP contribution in [-0.4, -0.2) is 19.7 Å². The molecule has 0 bridgehead atoms. The number of benzene rings is 1. The van der Waals surface area contributed by atoms with Gasteiger partial charge in [0, 0.05) is 5.56 Å². The van der Waals surface area contributed by atoms with Gasteiger partial charge in [-0.05, 0) is 12.3 Å². The zero-order chi connectivity index (χ0) is 13.4. The third-order valence-corrected chi connectivity index (χ3v) is 2.47. The van der Waals surface area contributed by atoms with Gasteiger partial charge in [0.2, 0.25) is 0 Å². The molecule has 1 aromatic rings. The van der Waals surface area contributed by atoms with Crippen molar-refractivity contribution in [2.24, 2.45) is 5.92 Å². The fourth-order valence-electron chi connectivity index (χ4n) is 1.41. The van der Waals surface area contributed by atoms with Crippen molar-refractivity contribution in [2.45, 2.75) is 20.3 Å². The summed E-state index contributed by atoms with van der Waals surface area (Å²) in [6, 6.07) is 9.48. The van der Waals surface area contributed by atoms with Crippen LogP contribution in [0, 0.1) is 5.92 Å². The van der Waals surface area contributed by atoms with E-state index in [-0.39, 0.29) is 5.97 Å². The number of hydrogen-bond donors (Lipinski definition) is 0. The van der Waals surface area contributed by atoms with Crippen molar-refractivity contribution in [3.8, 4) is 0 Å². The van der Waals surface area contributed by atoms with Crippen LogP contribution in [0.5, 0.6) is 0 Å². The Morgan fingerprint density at radius 3 is 2.50 bits per heavy atom. The average Bonchev–Trinajstić information content (AvgIpc) is 2.36. The molecule has 0 saturated carbocycles. The predicted molar refractivity (Wildman–Crippen MR) is 71.8 cm³/mol. The van der Waals surface area contributed by atoms with Gasteiger partial charge in [-0.15, -0.1) is 0 Å². The molecule has 0 radical (unpaired) electrons. The van der Waals surface area contributed by atoms with E-state index in [0.717, 1.165) is 12.0 Å². The van der Waals surface area contributed by atoms with Crippen LogP contribution in [-0.2, 0) is 14.3 Å². The summed E-state index contributed by atoms with van der Waals surface area (Å²) in [5.41, 5.74) is 0.862. The van der Waals surface area contributed by atoms with Crippen molar-refractivity contribution in [2.75, 3.05) is 13.7 Å². The average molecular weight is 248 g/mol. The van der Waals surface area contributed by atoms with Crippen LogP contribution >= 0.6 is 0 Å². The Hall–Kier alpha value is -1.77. The van der Waals surface area contributed by atoms with Gasteiger partial charge in [0.25, 0.3) is 0 Å². The largest absolute Gasteiger partial charge is 0.496 e. The van der Waals surface area contributed by atoms with Crippen molar-refractivity contribution in [3.63, 3.8) is 0 Å². The van der Waals surface area contributed by atoms with Crippen LogP contribution in [0.2, 0.25) is 0 Å². The molecule has 0 heterocycles. The van der Waals surface area contributed by atoms with Gasteiger partial charge in [-0.2, -0.15) is 0 Å². The van der Waals surface area contributed by atoms with E-state index >= 15 is 0 Å². The molecule has 0 aromatic heterocycles. The van der Waals surface area contributed by atoms with E-state index in [1.54, 1.807) is 7.11 Å². The first-order valence-corrected chi connectivity index (χ1v) is 6.11. The minimum Gasteiger partial charge on any atom is -0.496 e. The second-order valence-corrected chi connectivity index (χ2v) is 4.43. The summed E-state index contributed by atoms with van der Waals surface area (Å²) < 4.78 is 10.3. The van der Waals surface area contributed by atoms with Crippen LogP contribution in [0.1, 0.15) is 25.8 Å². The molecule has 18 heavy (non-hydrogen) atoms. The van der Waals surface area contributed by atoms with Gasteiger partial charge in [0.15, 0.2) is 0 Å². The normalized spacial score (nSPS) is 11.4. The van der Waals surface area contributed by atoms with Crippen molar-refractivity contribution >= 4 is 11.7 Å². The molecule has 0 saturated heterocycles. The standard InChI is InChI=1S/C15H20O3/c1-12(2)9-10-18-15(16)11-14(17-3)13-7-5-4-6-8-13/h4-8,11-12H,9-10H2,1-3H3/b14-11-. The number of esters is 1. The first kappa shape index (κ1) is 14.3. The van der Waals surface area contributed by atoms with Crippen LogP contribution < -0.4 is 0 Å². The second-order valence-electron chi connectivity index (χ2n) is 4.43. The van der Waals surface area contributed by atoms with Crippen LogP contribution in [0.25, 0.3) is 5.76 Å². The van der Waals surface area contributed by atoms with E-state index < -0.39 is 0 Å². The third-order valence-electron chi connectivity index (χ3n) is 2.47. The van der Waals surface area contributed by atoms with Gasteiger partial charge in [-0.3, -0.25) is 0 Å². The topological polar surface area (TPSA) is 35.5 Å². The molecule has 1 aromatic carbocycles. The lowest BCUT2D eigenvalue weighted by Gasteiger charge is -2.07. The number of ether oxygens (including phenoxy) is 2. The summed E-state index contributed by atoms with van der Waals surface area (Å²) in [6.45, 7) is 4.63. The maximum absolute atomic E-state index is 11.6. The summed E-state index contributed by atoms with van der Waals surface area (Å²) in [4.78, 5) is 11.6. The molecule has 1 rings (SSSR count). The number of carbonyl (C=O) groups is 1. The van der Waals surface area contributed by atoms with Gasteiger partial charge < -0.3 is 9.47 Å². The van der Waals surface area contributed by atoms with Crippen molar-refractivity contribution < 1.29 is 14.3 Å². The molecule has 0 amide bonds. The summed E-state index contributed by atoms with van der Waals surface area (Å²) in [5, 5.41) is 0. The number of carbonyl (C=O) groups excluding carboxylic acids is 1. The minimum absolute atomic E-state index is 0.364.